The summed E-state index contributed by atoms with van der Waals surface area (Å²) in [5.41, 5.74) is 3.32. The highest BCUT2D eigenvalue weighted by Crippen LogP contribution is 2.25. The largest absolute Gasteiger partial charge is 0.359 e. The number of nitrogens with one attached hydrogen (secondary N) is 1. The number of hydrogen-bond donors (Lipinski definition) is 1. The lowest BCUT2D eigenvalue weighted by Gasteiger charge is -2.12. The molecule has 17 heavy (non-hydrogen) atoms. The molecule has 0 spiro atoms. The molecule has 0 bridgehead atoms. The van der Waals surface area contributed by atoms with Crippen LogP contribution in [0.4, 0.5) is 5.69 Å². The lowest BCUT2D eigenvalue weighted by Crippen LogP contribution is -1.98. The maximum atomic E-state index is 3.89. The van der Waals surface area contributed by atoms with Crippen LogP contribution in [0.1, 0.15) is 12.5 Å². The Balaban J connectivity index is 2.57. The summed E-state index contributed by atoms with van der Waals surface area (Å²) < 4.78 is 0. The van der Waals surface area contributed by atoms with Crippen LogP contribution < -0.4 is 5.32 Å². The Morgan fingerprint density at radius 1 is 1.24 bits per heavy atom. The monoisotopic (exact) mass is 223 g/mol. The van der Waals surface area contributed by atoms with E-state index in [0.29, 0.717) is 0 Å². The fourth-order valence-electron chi connectivity index (χ4n) is 1.96. The smallest absolute Gasteiger partial charge is 0.0423 e. The second kappa shape index (κ2) is 4.88. The highest BCUT2D eigenvalue weighted by atomic mass is 14.9. The summed E-state index contributed by atoms with van der Waals surface area (Å²) in [6.45, 7) is 9.67. The van der Waals surface area contributed by atoms with Gasteiger partial charge < -0.3 is 5.32 Å². The van der Waals surface area contributed by atoms with Crippen molar-refractivity contribution in [3.05, 3.63) is 66.9 Å². The van der Waals surface area contributed by atoms with Crippen LogP contribution in [0, 0.1) is 0 Å². The minimum absolute atomic E-state index is 0.862. The predicted octanol–water partition coefficient (Wildman–Crippen LogP) is 4.51. The molecule has 0 heterocycles. The van der Waals surface area contributed by atoms with Gasteiger partial charge in [0.2, 0.25) is 0 Å². The molecular formula is C16H17N. The van der Waals surface area contributed by atoms with E-state index < -0.39 is 0 Å². The highest BCUT2D eigenvalue weighted by Gasteiger charge is 2.03. The van der Waals surface area contributed by atoms with E-state index in [1.54, 1.807) is 0 Å². The van der Waals surface area contributed by atoms with E-state index in [9.17, 15) is 0 Å². The zero-order chi connectivity index (χ0) is 12.3. The van der Waals surface area contributed by atoms with E-state index in [1.807, 2.05) is 13.0 Å². The Labute approximate surface area is 102 Å². The van der Waals surface area contributed by atoms with Gasteiger partial charge in [0.15, 0.2) is 0 Å². The molecule has 1 N–H and O–H groups in total. The van der Waals surface area contributed by atoms with E-state index >= 15 is 0 Å². The molecule has 86 valence electrons. The summed E-state index contributed by atoms with van der Waals surface area (Å²) >= 11 is 0. The van der Waals surface area contributed by atoms with Gasteiger partial charge in [-0.3, -0.25) is 0 Å². The van der Waals surface area contributed by atoms with Gasteiger partial charge in [-0.2, -0.15) is 0 Å². The molecular weight excluding hydrogens is 206 g/mol. The van der Waals surface area contributed by atoms with Crippen LogP contribution in [0.5, 0.6) is 0 Å². The molecule has 0 atom stereocenters. The quantitative estimate of drug-likeness (QED) is 0.752. The van der Waals surface area contributed by atoms with Crippen molar-refractivity contribution in [1.29, 1.82) is 0 Å². The average molecular weight is 223 g/mol. The van der Waals surface area contributed by atoms with Gasteiger partial charge in [0, 0.05) is 11.4 Å². The second-order valence-corrected chi connectivity index (χ2v) is 4.25. The van der Waals surface area contributed by atoms with Gasteiger partial charge in [-0.05, 0) is 41.8 Å². The van der Waals surface area contributed by atoms with Gasteiger partial charge in [0.05, 0.1) is 0 Å². The Morgan fingerprint density at radius 3 is 2.47 bits per heavy atom. The molecule has 1 nitrogen and oxygen atoms in total. The maximum absolute atomic E-state index is 3.89. The normalized spacial score (nSPS) is 10.2. The van der Waals surface area contributed by atoms with Gasteiger partial charge in [-0.1, -0.05) is 36.9 Å². The molecule has 0 aliphatic rings. The summed E-state index contributed by atoms with van der Waals surface area (Å²) in [5.74, 6) is 0. The molecule has 0 aliphatic carbocycles. The van der Waals surface area contributed by atoms with Gasteiger partial charge in [-0.15, -0.1) is 6.58 Å². The fourth-order valence-corrected chi connectivity index (χ4v) is 1.96. The van der Waals surface area contributed by atoms with E-state index in [-0.39, 0.29) is 0 Å². The molecule has 0 unspecified atom stereocenters. The van der Waals surface area contributed by atoms with Crippen molar-refractivity contribution in [3.8, 4) is 0 Å². The number of anilines is 1. The van der Waals surface area contributed by atoms with Crippen LogP contribution in [-0.4, -0.2) is 0 Å². The number of hydrogen-bond acceptors (Lipinski definition) is 1. The Kier molecular flexibility index (Phi) is 3.29. The van der Waals surface area contributed by atoms with Crippen molar-refractivity contribution >= 4 is 16.5 Å². The van der Waals surface area contributed by atoms with Crippen molar-refractivity contribution in [2.75, 3.05) is 5.32 Å². The summed E-state index contributed by atoms with van der Waals surface area (Å²) in [4.78, 5) is 0. The number of rotatable bonds is 4. The fraction of sp³-hybridized carbons (Fsp3) is 0.125. The molecule has 0 aliphatic heterocycles. The van der Waals surface area contributed by atoms with Crippen LogP contribution in [0.2, 0.25) is 0 Å². The molecule has 1 heteroatoms. The van der Waals surface area contributed by atoms with Crippen LogP contribution >= 0.6 is 0 Å². The molecule has 0 fully saturated rings. The molecule has 0 aromatic heterocycles. The predicted molar refractivity (Wildman–Crippen MR) is 76.3 cm³/mol. The zero-order valence-electron chi connectivity index (χ0n) is 10.2. The first-order valence-corrected chi connectivity index (χ1v) is 5.76. The topological polar surface area (TPSA) is 12.0 Å². The van der Waals surface area contributed by atoms with Crippen LogP contribution in [0.25, 0.3) is 10.8 Å². The molecule has 0 saturated carbocycles. The molecule has 2 aromatic carbocycles. The number of fused-ring (bicyclic) bond motifs is 1. The minimum Gasteiger partial charge on any atom is -0.359 e. The van der Waals surface area contributed by atoms with Crippen molar-refractivity contribution in [1.82, 2.24) is 0 Å². The Morgan fingerprint density at radius 2 is 1.88 bits per heavy atom. The van der Waals surface area contributed by atoms with Crippen molar-refractivity contribution in [2.24, 2.45) is 0 Å². The zero-order valence-corrected chi connectivity index (χ0v) is 10.2. The minimum atomic E-state index is 0.862. The van der Waals surface area contributed by atoms with E-state index in [0.717, 1.165) is 17.8 Å². The summed E-state index contributed by atoms with van der Waals surface area (Å²) in [5, 5.41) is 5.81. The first-order valence-electron chi connectivity index (χ1n) is 5.76. The van der Waals surface area contributed by atoms with E-state index in [2.05, 4.69) is 54.9 Å². The molecule has 0 radical (unpaired) electrons. The Bertz CT molecular complexity index is 567. The van der Waals surface area contributed by atoms with Crippen molar-refractivity contribution < 1.29 is 0 Å². The standard InChI is InChI=1S/C16H17N/c1-4-7-15-10-13-8-5-6-9-14(13)11-16(15)17-12(2)3/h4-6,8-11,17H,1-2,7H2,3H3. The Hall–Kier alpha value is -2.02. The van der Waals surface area contributed by atoms with Gasteiger partial charge in [-0.25, -0.2) is 0 Å². The number of allylic oxidation sites excluding steroid dienone is 2. The average Bonchev–Trinajstić information content (AvgIpc) is 2.29. The van der Waals surface area contributed by atoms with Crippen molar-refractivity contribution in [2.45, 2.75) is 13.3 Å². The third-order valence-corrected chi connectivity index (χ3v) is 2.68. The lowest BCUT2D eigenvalue weighted by atomic mass is 10.0. The van der Waals surface area contributed by atoms with Crippen LogP contribution in [-0.2, 0) is 6.42 Å². The third-order valence-electron chi connectivity index (χ3n) is 2.68. The van der Waals surface area contributed by atoms with E-state index in [1.165, 1.54) is 16.3 Å². The summed E-state index contributed by atoms with van der Waals surface area (Å²) in [7, 11) is 0. The highest BCUT2D eigenvalue weighted by molar-refractivity contribution is 5.87. The van der Waals surface area contributed by atoms with Crippen LogP contribution in [0.15, 0.2) is 61.3 Å². The van der Waals surface area contributed by atoms with Crippen LogP contribution in [0.3, 0.4) is 0 Å². The SMILES string of the molecule is C=CCc1cc2ccccc2cc1NC(=C)C. The number of benzene rings is 2. The van der Waals surface area contributed by atoms with Gasteiger partial charge in [0.25, 0.3) is 0 Å². The maximum Gasteiger partial charge on any atom is 0.0423 e. The third kappa shape index (κ3) is 2.56. The molecule has 0 saturated heterocycles. The van der Waals surface area contributed by atoms with Gasteiger partial charge >= 0.3 is 0 Å². The first kappa shape index (κ1) is 11.5. The summed E-state index contributed by atoms with van der Waals surface area (Å²) in [6, 6.07) is 12.8. The molecule has 2 aromatic rings. The van der Waals surface area contributed by atoms with Crippen molar-refractivity contribution in [3.63, 3.8) is 0 Å². The second-order valence-electron chi connectivity index (χ2n) is 4.25. The first-order chi connectivity index (χ1) is 8.20. The van der Waals surface area contributed by atoms with Gasteiger partial charge in [0.1, 0.15) is 0 Å². The molecule has 2 rings (SSSR count). The molecule has 0 amide bonds. The van der Waals surface area contributed by atoms with E-state index in [4.69, 9.17) is 0 Å². The lowest BCUT2D eigenvalue weighted by molar-refractivity contribution is 1.26. The summed E-state index contributed by atoms with van der Waals surface area (Å²) in [6.07, 6.45) is 2.79.